The fourth-order valence-corrected chi connectivity index (χ4v) is 3.01. The van der Waals surface area contributed by atoms with E-state index in [0.29, 0.717) is 19.6 Å². The predicted molar refractivity (Wildman–Crippen MR) is 71.2 cm³/mol. The van der Waals surface area contributed by atoms with Crippen molar-refractivity contribution in [2.24, 2.45) is 0 Å². The van der Waals surface area contributed by atoms with Gasteiger partial charge in [-0.2, -0.15) is 0 Å². The van der Waals surface area contributed by atoms with E-state index in [9.17, 15) is 9.90 Å². The van der Waals surface area contributed by atoms with Crippen molar-refractivity contribution in [2.45, 2.75) is 31.2 Å². The Labute approximate surface area is 112 Å². The lowest BCUT2D eigenvalue weighted by Gasteiger charge is -2.26. The quantitative estimate of drug-likeness (QED) is 0.855. The number of carbonyl (C=O) groups is 1. The summed E-state index contributed by atoms with van der Waals surface area (Å²) >= 11 is 0. The van der Waals surface area contributed by atoms with Crippen LogP contribution in [0.3, 0.4) is 0 Å². The van der Waals surface area contributed by atoms with Crippen LogP contribution in [0.4, 0.5) is 0 Å². The SMILES string of the molecule is O=C(NC1(CO)CCOC1)c1cccc2c1CCC2. The fourth-order valence-electron chi connectivity index (χ4n) is 3.01. The molecular weight excluding hydrogens is 242 g/mol. The summed E-state index contributed by atoms with van der Waals surface area (Å²) in [5, 5.41) is 12.5. The smallest absolute Gasteiger partial charge is 0.252 e. The molecule has 0 saturated carbocycles. The first kappa shape index (κ1) is 12.6. The topological polar surface area (TPSA) is 58.6 Å². The number of ether oxygens (including phenoxy) is 1. The standard InChI is InChI=1S/C15H19NO3/c17-9-15(7-8-19-10-15)16-14(18)13-6-2-4-11-3-1-5-12(11)13/h2,4,6,17H,1,3,5,7-10H2,(H,16,18). The molecule has 1 aliphatic carbocycles. The Morgan fingerprint density at radius 2 is 2.32 bits per heavy atom. The van der Waals surface area contributed by atoms with Gasteiger partial charge in [0.15, 0.2) is 0 Å². The van der Waals surface area contributed by atoms with Crippen molar-refractivity contribution >= 4 is 5.91 Å². The van der Waals surface area contributed by atoms with Gasteiger partial charge in [0.2, 0.25) is 0 Å². The molecule has 0 bridgehead atoms. The third-order valence-corrected chi connectivity index (χ3v) is 4.18. The summed E-state index contributed by atoms with van der Waals surface area (Å²) in [5.41, 5.74) is 2.62. The van der Waals surface area contributed by atoms with Crippen molar-refractivity contribution in [3.8, 4) is 0 Å². The van der Waals surface area contributed by atoms with E-state index in [4.69, 9.17) is 4.74 Å². The van der Waals surface area contributed by atoms with Crippen molar-refractivity contribution in [1.29, 1.82) is 0 Å². The normalized spacial score (nSPS) is 25.3. The van der Waals surface area contributed by atoms with Gasteiger partial charge in [0.25, 0.3) is 5.91 Å². The third-order valence-electron chi connectivity index (χ3n) is 4.18. The second kappa shape index (κ2) is 4.94. The van der Waals surface area contributed by atoms with Gasteiger partial charge in [0, 0.05) is 12.2 Å². The molecule has 1 saturated heterocycles. The van der Waals surface area contributed by atoms with Crippen LogP contribution >= 0.6 is 0 Å². The number of hydrogen-bond acceptors (Lipinski definition) is 3. The molecule has 2 N–H and O–H groups in total. The highest BCUT2D eigenvalue weighted by atomic mass is 16.5. The molecule has 0 aromatic heterocycles. The van der Waals surface area contributed by atoms with E-state index in [1.165, 1.54) is 11.1 Å². The lowest BCUT2D eigenvalue weighted by Crippen LogP contribution is -2.52. The number of benzene rings is 1. The molecule has 19 heavy (non-hydrogen) atoms. The molecule has 1 amide bonds. The van der Waals surface area contributed by atoms with Gasteiger partial charge in [0.1, 0.15) is 0 Å². The zero-order valence-electron chi connectivity index (χ0n) is 10.9. The molecule has 0 radical (unpaired) electrons. The number of hydrogen-bond donors (Lipinski definition) is 2. The van der Waals surface area contributed by atoms with E-state index in [1.807, 2.05) is 12.1 Å². The Morgan fingerprint density at radius 3 is 3.05 bits per heavy atom. The van der Waals surface area contributed by atoms with Crippen LogP contribution in [0.25, 0.3) is 0 Å². The van der Waals surface area contributed by atoms with Crippen LogP contribution in [0.5, 0.6) is 0 Å². The van der Waals surface area contributed by atoms with Gasteiger partial charge in [-0.3, -0.25) is 4.79 Å². The number of rotatable bonds is 3. The molecule has 1 heterocycles. The molecule has 102 valence electrons. The first-order valence-electron chi connectivity index (χ1n) is 6.86. The fraction of sp³-hybridized carbons (Fsp3) is 0.533. The van der Waals surface area contributed by atoms with Crippen molar-refractivity contribution < 1.29 is 14.6 Å². The predicted octanol–water partition coefficient (Wildman–Crippen LogP) is 1.06. The number of aliphatic hydroxyl groups is 1. The maximum atomic E-state index is 12.4. The first-order chi connectivity index (χ1) is 9.24. The molecule has 4 nitrogen and oxygen atoms in total. The minimum atomic E-state index is -0.599. The van der Waals surface area contributed by atoms with Gasteiger partial charge in [-0.05, 0) is 42.9 Å². The minimum Gasteiger partial charge on any atom is -0.394 e. The summed E-state index contributed by atoms with van der Waals surface area (Å²) in [6.07, 6.45) is 3.82. The summed E-state index contributed by atoms with van der Waals surface area (Å²) in [4.78, 5) is 12.4. The number of fused-ring (bicyclic) bond motifs is 1. The average Bonchev–Trinajstić information content (AvgIpc) is 3.06. The molecule has 1 unspecified atom stereocenters. The summed E-state index contributed by atoms with van der Waals surface area (Å²) in [6.45, 7) is 0.908. The highest BCUT2D eigenvalue weighted by molar-refractivity contribution is 5.96. The van der Waals surface area contributed by atoms with E-state index in [1.54, 1.807) is 0 Å². The highest BCUT2D eigenvalue weighted by Crippen LogP contribution is 2.26. The maximum absolute atomic E-state index is 12.4. The van der Waals surface area contributed by atoms with Crippen molar-refractivity contribution in [3.63, 3.8) is 0 Å². The molecule has 2 aliphatic rings. The summed E-state index contributed by atoms with van der Waals surface area (Å²) in [7, 11) is 0. The lowest BCUT2D eigenvalue weighted by molar-refractivity contribution is 0.0788. The second-order valence-corrected chi connectivity index (χ2v) is 5.49. The van der Waals surface area contributed by atoms with Gasteiger partial charge in [0.05, 0.1) is 18.8 Å². The van der Waals surface area contributed by atoms with Gasteiger partial charge in [-0.1, -0.05) is 12.1 Å². The molecule has 1 aromatic carbocycles. The number of aliphatic hydroxyl groups excluding tert-OH is 1. The maximum Gasteiger partial charge on any atom is 0.252 e. The van der Waals surface area contributed by atoms with Crippen LogP contribution in [0.2, 0.25) is 0 Å². The average molecular weight is 261 g/mol. The Bertz CT molecular complexity index is 492. The van der Waals surface area contributed by atoms with Gasteiger partial charge < -0.3 is 15.2 Å². The Hall–Kier alpha value is -1.39. The van der Waals surface area contributed by atoms with Crippen LogP contribution in [0.15, 0.2) is 18.2 Å². The summed E-state index contributed by atoms with van der Waals surface area (Å²) in [5.74, 6) is -0.0849. The van der Waals surface area contributed by atoms with Crippen LogP contribution in [0, 0.1) is 0 Å². The zero-order chi connectivity index (χ0) is 13.3. The molecule has 1 aliphatic heterocycles. The first-order valence-corrected chi connectivity index (χ1v) is 6.86. The number of nitrogens with one attached hydrogen (secondary N) is 1. The van der Waals surface area contributed by atoms with E-state index in [2.05, 4.69) is 11.4 Å². The number of amides is 1. The van der Waals surface area contributed by atoms with Gasteiger partial charge >= 0.3 is 0 Å². The highest BCUT2D eigenvalue weighted by Gasteiger charge is 2.36. The largest absolute Gasteiger partial charge is 0.394 e. The Balaban J connectivity index is 1.83. The summed E-state index contributed by atoms with van der Waals surface area (Å²) in [6, 6.07) is 5.91. The van der Waals surface area contributed by atoms with Crippen LogP contribution in [0.1, 0.15) is 34.3 Å². The van der Waals surface area contributed by atoms with Crippen LogP contribution in [-0.4, -0.2) is 36.4 Å². The van der Waals surface area contributed by atoms with E-state index < -0.39 is 5.54 Å². The molecule has 1 fully saturated rings. The zero-order valence-corrected chi connectivity index (χ0v) is 10.9. The third kappa shape index (κ3) is 2.26. The van der Waals surface area contributed by atoms with Gasteiger partial charge in [-0.25, -0.2) is 0 Å². The molecule has 0 spiro atoms. The monoisotopic (exact) mass is 261 g/mol. The van der Waals surface area contributed by atoms with E-state index in [0.717, 1.165) is 24.8 Å². The molecule has 4 heteroatoms. The number of carbonyl (C=O) groups excluding carboxylic acids is 1. The van der Waals surface area contributed by atoms with E-state index in [-0.39, 0.29) is 12.5 Å². The summed E-state index contributed by atoms with van der Waals surface area (Å²) < 4.78 is 5.31. The molecular formula is C15H19NO3. The van der Waals surface area contributed by atoms with Crippen molar-refractivity contribution in [2.75, 3.05) is 19.8 Å². The van der Waals surface area contributed by atoms with Crippen LogP contribution in [-0.2, 0) is 17.6 Å². The Morgan fingerprint density at radius 1 is 1.42 bits per heavy atom. The molecule has 1 atom stereocenters. The lowest BCUT2D eigenvalue weighted by atomic mass is 9.97. The second-order valence-electron chi connectivity index (χ2n) is 5.49. The minimum absolute atomic E-state index is 0.0756. The van der Waals surface area contributed by atoms with Crippen LogP contribution < -0.4 is 5.32 Å². The Kier molecular flexibility index (Phi) is 3.29. The number of aryl methyl sites for hydroxylation is 1. The molecule has 1 aromatic rings. The van der Waals surface area contributed by atoms with E-state index >= 15 is 0 Å². The molecule has 3 rings (SSSR count). The van der Waals surface area contributed by atoms with Crippen molar-refractivity contribution in [1.82, 2.24) is 5.32 Å². The van der Waals surface area contributed by atoms with Crippen molar-refractivity contribution in [3.05, 3.63) is 34.9 Å². The van der Waals surface area contributed by atoms with Gasteiger partial charge in [-0.15, -0.1) is 0 Å².